The molecule has 0 bridgehead atoms. The summed E-state index contributed by atoms with van der Waals surface area (Å²) < 4.78 is 14.2. The molecule has 0 radical (unpaired) electrons. The topological polar surface area (TPSA) is 57.8 Å². The van der Waals surface area contributed by atoms with E-state index in [9.17, 15) is 9.18 Å². The highest BCUT2D eigenvalue weighted by molar-refractivity contribution is 9.10. The maximum atomic E-state index is 14.0. The zero-order valence-electron chi connectivity index (χ0n) is 9.46. The molecule has 6 heteroatoms. The number of H-pyrrole nitrogens is 1. The quantitative estimate of drug-likeness (QED) is 0.914. The predicted molar refractivity (Wildman–Crippen MR) is 69.7 cm³/mol. The molecule has 0 spiro atoms. The highest BCUT2D eigenvalue weighted by Crippen LogP contribution is 2.33. The smallest absolute Gasteiger partial charge is 0.224 e. The molecule has 0 aromatic carbocycles. The Morgan fingerprint density at radius 3 is 3.11 bits per heavy atom. The minimum atomic E-state index is -0.414. The van der Waals surface area contributed by atoms with Crippen LogP contribution in [0.1, 0.15) is 19.3 Å². The molecule has 2 aromatic heterocycles. The number of carbonyl (C=O) groups excluding carboxylic acids is 1. The normalized spacial score (nSPS) is 15.0. The van der Waals surface area contributed by atoms with Gasteiger partial charge >= 0.3 is 0 Å². The third-order valence-electron chi connectivity index (χ3n) is 3.04. The van der Waals surface area contributed by atoms with Crippen molar-refractivity contribution in [2.45, 2.75) is 19.3 Å². The van der Waals surface area contributed by atoms with Crippen molar-refractivity contribution in [2.75, 3.05) is 5.32 Å². The van der Waals surface area contributed by atoms with Crippen molar-refractivity contribution >= 4 is 38.6 Å². The van der Waals surface area contributed by atoms with Gasteiger partial charge < -0.3 is 10.3 Å². The van der Waals surface area contributed by atoms with Gasteiger partial charge in [0.05, 0.1) is 15.5 Å². The summed E-state index contributed by atoms with van der Waals surface area (Å²) in [5.74, 6) is 0.0191. The van der Waals surface area contributed by atoms with E-state index in [2.05, 4.69) is 31.2 Å². The lowest BCUT2D eigenvalue weighted by Crippen LogP contribution is -2.11. The fourth-order valence-corrected chi connectivity index (χ4v) is 2.22. The molecule has 1 fully saturated rings. The molecule has 0 aliphatic heterocycles. The Balaban J connectivity index is 1.91. The average molecular weight is 312 g/mol. The van der Waals surface area contributed by atoms with Crippen LogP contribution in [0, 0.1) is 11.7 Å². The Kier molecular flexibility index (Phi) is 2.81. The van der Waals surface area contributed by atoms with Crippen LogP contribution in [0.5, 0.6) is 0 Å². The third kappa shape index (κ3) is 2.12. The molecule has 2 N–H and O–H groups in total. The highest BCUT2D eigenvalue weighted by atomic mass is 79.9. The van der Waals surface area contributed by atoms with E-state index < -0.39 is 5.82 Å². The highest BCUT2D eigenvalue weighted by Gasteiger charge is 2.25. The Morgan fingerprint density at radius 2 is 2.39 bits per heavy atom. The Bertz CT molecular complexity index is 621. The van der Waals surface area contributed by atoms with E-state index in [0.29, 0.717) is 29.1 Å². The summed E-state index contributed by atoms with van der Waals surface area (Å²) in [6.07, 6.45) is 5.70. The van der Waals surface area contributed by atoms with Gasteiger partial charge in [-0.05, 0) is 34.7 Å². The molecule has 94 valence electrons. The van der Waals surface area contributed by atoms with Crippen LogP contribution in [0.2, 0.25) is 0 Å². The molecule has 1 amide bonds. The first-order valence-corrected chi connectivity index (χ1v) is 6.55. The lowest BCUT2D eigenvalue weighted by molar-refractivity contribution is -0.116. The first-order valence-electron chi connectivity index (χ1n) is 5.76. The number of nitrogens with zero attached hydrogens (tertiary/aromatic N) is 1. The summed E-state index contributed by atoms with van der Waals surface area (Å²) in [6, 6.07) is 0. The van der Waals surface area contributed by atoms with Crippen LogP contribution in [0.15, 0.2) is 16.9 Å². The third-order valence-corrected chi connectivity index (χ3v) is 3.59. The number of nitrogens with one attached hydrogen (secondary N) is 2. The van der Waals surface area contributed by atoms with Crippen molar-refractivity contribution in [3.8, 4) is 0 Å². The first-order chi connectivity index (χ1) is 8.65. The number of carbonyl (C=O) groups is 1. The lowest BCUT2D eigenvalue weighted by Gasteiger charge is -2.03. The molecular formula is C12H11BrFN3O. The van der Waals surface area contributed by atoms with Gasteiger partial charge in [0.1, 0.15) is 5.65 Å². The van der Waals surface area contributed by atoms with Crippen LogP contribution in [0.25, 0.3) is 11.0 Å². The Morgan fingerprint density at radius 1 is 1.61 bits per heavy atom. The molecule has 1 saturated carbocycles. The number of halogens is 2. The van der Waals surface area contributed by atoms with Crippen LogP contribution >= 0.6 is 15.9 Å². The standard InChI is InChI=1S/C12H11BrFN3O/c13-7-4-15-12-10(11(7)14)8(5-16-12)17-9(18)3-6-1-2-6/h4-6H,1-3H2,(H,15,16)(H,17,18). The number of pyridine rings is 1. The van der Waals surface area contributed by atoms with Crippen LogP contribution in [0.3, 0.4) is 0 Å². The summed E-state index contributed by atoms with van der Waals surface area (Å²) >= 11 is 3.09. The maximum Gasteiger partial charge on any atom is 0.224 e. The summed E-state index contributed by atoms with van der Waals surface area (Å²) in [6.45, 7) is 0. The van der Waals surface area contributed by atoms with Gasteiger partial charge in [-0.25, -0.2) is 9.37 Å². The van der Waals surface area contributed by atoms with Gasteiger partial charge in [0, 0.05) is 18.8 Å². The van der Waals surface area contributed by atoms with Crippen LogP contribution < -0.4 is 5.32 Å². The number of aromatic nitrogens is 2. The van der Waals surface area contributed by atoms with Gasteiger partial charge in [0.25, 0.3) is 0 Å². The van der Waals surface area contributed by atoms with E-state index in [0.717, 1.165) is 12.8 Å². The second-order valence-corrected chi connectivity index (χ2v) is 5.40. The van der Waals surface area contributed by atoms with Crippen molar-refractivity contribution in [1.29, 1.82) is 0 Å². The molecular weight excluding hydrogens is 301 g/mol. The number of amides is 1. The van der Waals surface area contributed by atoms with E-state index in [4.69, 9.17) is 0 Å². The van der Waals surface area contributed by atoms with Crippen molar-refractivity contribution in [1.82, 2.24) is 9.97 Å². The largest absolute Gasteiger partial charge is 0.344 e. The van der Waals surface area contributed by atoms with Crippen molar-refractivity contribution in [2.24, 2.45) is 5.92 Å². The number of rotatable bonds is 3. The summed E-state index contributed by atoms with van der Waals surface area (Å²) in [7, 11) is 0. The van der Waals surface area contributed by atoms with Crippen molar-refractivity contribution in [3.63, 3.8) is 0 Å². The SMILES string of the molecule is O=C(CC1CC1)Nc1c[nH]c2ncc(Br)c(F)c12. The summed E-state index contributed by atoms with van der Waals surface area (Å²) in [5.41, 5.74) is 0.874. The zero-order valence-corrected chi connectivity index (χ0v) is 11.1. The number of hydrogen-bond donors (Lipinski definition) is 2. The fourth-order valence-electron chi connectivity index (χ4n) is 1.92. The minimum absolute atomic E-state index is 0.0715. The van der Waals surface area contributed by atoms with Crippen LogP contribution in [-0.2, 0) is 4.79 Å². The van der Waals surface area contributed by atoms with Gasteiger partial charge in [0.2, 0.25) is 5.91 Å². The van der Waals surface area contributed by atoms with Gasteiger partial charge in [-0.1, -0.05) is 0 Å². The molecule has 0 atom stereocenters. The Labute approximate surface area is 111 Å². The molecule has 0 saturated heterocycles. The monoisotopic (exact) mass is 311 g/mol. The maximum absolute atomic E-state index is 14.0. The average Bonchev–Trinajstić information content (AvgIpc) is 3.04. The second kappa shape index (κ2) is 4.35. The zero-order chi connectivity index (χ0) is 12.7. The van der Waals surface area contributed by atoms with E-state index in [-0.39, 0.29) is 10.4 Å². The van der Waals surface area contributed by atoms with E-state index in [1.165, 1.54) is 6.20 Å². The molecule has 4 nitrogen and oxygen atoms in total. The lowest BCUT2D eigenvalue weighted by atomic mass is 10.2. The van der Waals surface area contributed by atoms with Gasteiger partial charge in [-0.15, -0.1) is 0 Å². The molecule has 2 heterocycles. The summed E-state index contributed by atoms with van der Waals surface area (Å²) in [4.78, 5) is 18.6. The Hall–Kier alpha value is -1.43. The summed E-state index contributed by atoms with van der Waals surface area (Å²) in [5, 5.41) is 3.05. The minimum Gasteiger partial charge on any atom is -0.344 e. The number of anilines is 1. The molecule has 1 aliphatic rings. The first kappa shape index (κ1) is 11.6. The van der Waals surface area contributed by atoms with Crippen molar-refractivity contribution < 1.29 is 9.18 Å². The second-order valence-electron chi connectivity index (χ2n) is 4.54. The van der Waals surface area contributed by atoms with E-state index in [1.807, 2.05) is 0 Å². The van der Waals surface area contributed by atoms with Crippen molar-refractivity contribution in [3.05, 3.63) is 22.7 Å². The molecule has 3 rings (SSSR count). The molecule has 18 heavy (non-hydrogen) atoms. The molecule has 0 unspecified atom stereocenters. The molecule has 1 aliphatic carbocycles. The van der Waals surface area contributed by atoms with Gasteiger partial charge in [-0.2, -0.15) is 0 Å². The van der Waals surface area contributed by atoms with E-state index in [1.54, 1.807) is 6.20 Å². The van der Waals surface area contributed by atoms with Crippen LogP contribution in [0.4, 0.5) is 10.1 Å². The molecule has 2 aromatic rings. The fraction of sp³-hybridized carbons (Fsp3) is 0.333. The number of fused-ring (bicyclic) bond motifs is 1. The number of aromatic amines is 1. The predicted octanol–water partition coefficient (Wildman–Crippen LogP) is 3.20. The van der Waals surface area contributed by atoms with Gasteiger partial charge in [-0.3, -0.25) is 4.79 Å². The van der Waals surface area contributed by atoms with Crippen LogP contribution in [-0.4, -0.2) is 15.9 Å². The number of hydrogen-bond acceptors (Lipinski definition) is 2. The van der Waals surface area contributed by atoms with E-state index >= 15 is 0 Å². The van der Waals surface area contributed by atoms with Gasteiger partial charge in [0.15, 0.2) is 5.82 Å².